The highest BCUT2D eigenvalue weighted by Gasteiger charge is 2.26. The van der Waals surface area contributed by atoms with Crippen LogP contribution in [-0.4, -0.2) is 39.4 Å². The summed E-state index contributed by atoms with van der Waals surface area (Å²) in [4.78, 5) is 11.1. The van der Waals surface area contributed by atoms with Crippen LogP contribution in [-0.2, 0) is 0 Å². The molecule has 8 nitrogen and oxygen atoms in total. The second-order valence-corrected chi connectivity index (χ2v) is 7.55. The molecule has 30 heavy (non-hydrogen) atoms. The summed E-state index contributed by atoms with van der Waals surface area (Å²) in [6.07, 6.45) is 0. The van der Waals surface area contributed by atoms with Crippen molar-refractivity contribution in [3.05, 3.63) is 70.0 Å². The third-order valence-corrected chi connectivity index (χ3v) is 5.49. The first-order valence-electron chi connectivity index (χ1n) is 9.68. The lowest BCUT2D eigenvalue weighted by Gasteiger charge is -2.17. The molecule has 1 aromatic heterocycles. The summed E-state index contributed by atoms with van der Waals surface area (Å²) in [7, 11) is 0. The van der Waals surface area contributed by atoms with Crippen molar-refractivity contribution in [3.8, 4) is 17.2 Å². The zero-order chi connectivity index (χ0) is 21.5. The van der Waals surface area contributed by atoms with Gasteiger partial charge in [-0.2, -0.15) is 0 Å². The Morgan fingerprint density at radius 1 is 1.07 bits per heavy atom. The second-order valence-electron chi connectivity index (χ2n) is 6.38. The largest absolute Gasteiger partial charge is 0.494 e. The van der Waals surface area contributed by atoms with Crippen LogP contribution in [0.2, 0.25) is 0 Å². The minimum absolute atomic E-state index is 0.260. The van der Waals surface area contributed by atoms with E-state index in [1.807, 2.05) is 73.9 Å². The molecule has 0 radical (unpaired) electrons. The number of hydrogen-bond acceptors (Lipinski definition) is 7. The molecule has 3 aromatic rings. The van der Waals surface area contributed by atoms with Gasteiger partial charge in [0.25, 0.3) is 0 Å². The van der Waals surface area contributed by atoms with Crippen LogP contribution in [0, 0.1) is 17.0 Å². The van der Waals surface area contributed by atoms with E-state index >= 15 is 0 Å². The molecule has 0 spiro atoms. The molecule has 0 saturated heterocycles. The lowest BCUT2D eigenvalue weighted by Crippen LogP contribution is -2.12. The van der Waals surface area contributed by atoms with Gasteiger partial charge in [0.05, 0.1) is 13.2 Å². The molecule has 0 fully saturated rings. The van der Waals surface area contributed by atoms with E-state index < -0.39 is 5.25 Å². The maximum atomic E-state index is 11.4. The van der Waals surface area contributed by atoms with Crippen LogP contribution >= 0.6 is 11.8 Å². The van der Waals surface area contributed by atoms with Crippen molar-refractivity contribution in [2.45, 2.75) is 31.2 Å². The maximum Gasteiger partial charge on any atom is 0.220 e. The van der Waals surface area contributed by atoms with Gasteiger partial charge in [-0.25, -0.2) is 0 Å². The van der Waals surface area contributed by atoms with Gasteiger partial charge in [0.1, 0.15) is 22.6 Å². The number of hydrogen-bond donors (Lipinski definition) is 0. The number of nitro groups is 1. The van der Waals surface area contributed by atoms with E-state index in [1.165, 1.54) is 11.8 Å². The monoisotopic (exact) mass is 428 g/mol. The summed E-state index contributed by atoms with van der Waals surface area (Å²) in [6.45, 7) is 6.48. The number of aromatic nitrogens is 3. The minimum Gasteiger partial charge on any atom is -0.494 e. The van der Waals surface area contributed by atoms with E-state index in [9.17, 15) is 10.1 Å². The van der Waals surface area contributed by atoms with Crippen LogP contribution in [0.15, 0.2) is 53.7 Å². The van der Waals surface area contributed by atoms with Crippen molar-refractivity contribution in [2.75, 3.05) is 19.8 Å². The Morgan fingerprint density at radius 3 is 2.43 bits per heavy atom. The van der Waals surface area contributed by atoms with Gasteiger partial charge in [-0.3, -0.25) is 14.7 Å². The maximum absolute atomic E-state index is 11.4. The number of para-hydroxylation sites is 1. The number of thioether (sulfide) groups is 1. The molecular formula is C21H24N4O4S. The molecule has 9 heteroatoms. The molecule has 2 aromatic carbocycles. The molecule has 0 N–H and O–H groups in total. The third kappa shape index (κ3) is 5.10. The molecule has 3 rings (SSSR count). The van der Waals surface area contributed by atoms with Gasteiger partial charge >= 0.3 is 0 Å². The van der Waals surface area contributed by atoms with Gasteiger partial charge in [-0.05, 0) is 51.1 Å². The Morgan fingerprint density at radius 2 is 1.77 bits per heavy atom. The number of aryl methyl sites for hydroxylation is 1. The van der Waals surface area contributed by atoms with Crippen LogP contribution in [0.4, 0.5) is 0 Å². The molecule has 0 saturated carbocycles. The molecule has 1 heterocycles. The highest BCUT2D eigenvalue weighted by molar-refractivity contribution is 7.99. The number of nitrogens with zero attached hydrogens (tertiary/aromatic N) is 4. The van der Waals surface area contributed by atoms with Gasteiger partial charge in [-0.1, -0.05) is 30.0 Å². The Balaban J connectivity index is 1.96. The van der Waals surface area contributed by atoms with Gasteiger partial charge in [0.2, 0.25) is 6.54 Å². The Kier molecular flexibility index (Phi) is 7.29. The summed E-state index contributed by atoms with van der Waals surface area (Å²) in [6, 6.07) is 15.0. The molecule has 0 aliphatic rings. The molecule has 0 aliphatic carbocycles. The Labute approximate surface area is 179 Å². The Bertz CT molecular complexity index is 991. The number of benzene rings is 2. The van der Waals surface area contributed by atoms with Crippen molar-refractivity contribution in [1.29, 1.82) is 0 Å². The normalized spacial score (nSPS) is 11.8. The first kappa shape index (κ1) is 21.6. The van der Waals surface area contributed by atoms with E-state index in [0.29, 0.717) is 29.9 Å². The average molecular weight is 429 g/mol. The summed E-state index contributed by atoms with van der Waals surface area (Å²) in [5.41, 5.74) is 1.63. The zero-order valence-corrected chi connectivity index (χ0v) is 18.0. The topological polar surface area (TPSA) is 92.3 Å². The van der Waals surface area contributed by atoms with Crippen LogP contribution in [0.1, 0.15) is 30.5 Å². The van der Waals surface area contributed by atoms with E-state index in [-0.39, 0.29) is 11.5 Å². The third-order valence-electron chi connectivity index (χ3n) is 4.33. The average Bonchev–Trinajstić information content (AvgIpc) is 3.09. The van der Waals surface area contributed by atoms with Crippen molar-refractivity contribution < 1.29 is 14.4 Å². The van der Waals surface area contributed by atoms with Gasteiger partial charge in [-0.15, -0.1) is 10.2 Å². The van der Waals surface area contributed by atoms with Crippen molar-refractivity contribution in [1.82, 2.24) is 14.8 Å². The van der Waals surface area contributed by atoms with Crippen LogP contribution in [0.5, 0.6) is 11.5 Å². The van der Waals surface area contributed by atoms with Gasteiger partial charge in [0.15, 0.2) is 5.16 Å². The van der Waals surface area contributed by atoms with E-state index in [4.69, 9.17) is 9.47 Å². The molecule has 158 valence electrons. The smallest absolute Gasteiger partial charge is 0.220 e. The fourth-order valence-electron chi connectivity index (χ4n) is 3.07. The highest BCUT2D eigenvalue weighted by Crippen LogP contribution is 2.39. The van der Waals surface area contributed by atoms with Crippen molar-refractivity contribution >= 4 is 11.8 Å². The predicted molar refractivity (Wildman–Crippen MR) is 115 cm³/mol. The fraction of sp³-hybridized carbons (Fsp3) is 0.333. The molecule has 0 amide bonds. The molecule has 1 atom stereocenters. The quantitative estimate of drug-likeness (QED) is 0.267. The minimum atomic E-state index is -0.479. The van der Waals surface area contributed by atoms with Gasteiger partial charge in [0, 0.05) is 16.2 Å². The predicted octanol–water partition coefficient (Wildman–Crippen LogP) is 4.48. The summed E-state index contributed by atoms with van der Waals surface area (Å²) >= 11 is 1.30. The van der Waals surface area contributed by atoms with Crippen LogP contribution in [0.25, 0.3) is 5.69 Å². The molecular weight excluding hydrogens is 404 g/mol. The van der Waals surface area contributed by atoms with Crippen molar-refractivity contribution in [2.24, 2.45) is 0 Å². The summed E-state index contributed by atoms with van der Waals surface area (Å²) in [5.74, 6) is 2.11. The lowest BCUT2D eigenvalue weighted by molar-refractivity contribution is -0.479. The number of rotatable bonds is 10. The fourth-order valence-corrected chi connectivity index (χ4v) is 4.27. The first-order chi connectivity index (χ1) is 14.5. The summed E-state index contributed by atoms with van der Waals surface area (Å²) in [5, 5.41) is 20.0. The molecule has 0 bridgehead atoms. The first-order valence-corrected chi connectivity index (χ1v) is 10.6. The van der Waals surface area contributed by atoms with Crippen LogP contribution < -0.4 is 9.47 Å². The van der Waals surface area contributed by atoms with E-state index in [2.05, 4.69) is 10.2 Å². The zero-order valence-electron chi connectivity index (χ0n) is 17.1. The second kappa shape index (κ2) is 10.1. The van der Waals surface area contributed by atoms with E-state index in [0.717, 1.165) is 17.0 Å². The SMILES string of the molecule is CCOc1ccc(-n2c(C)nnc2S[C@H](C[N+](=O)[O-])c2ccccc2OCC)cc1. The molecule has 0 aliphatic heterocycles. The highest BCUT2D eigenvalue weighted by atomic mass is 32.2. The molecule has 0 unspecified atom stereocenters. The number of ether oxygens (including phenoxy) is 2. The van der Waals surface area contributed by atoms with Crippen LogP contribution in [0.3, 0.4) is 0 Å². The lowest BCUT2D eigenvalue weighted by atomic mass is 10.1. The van der Waals surface area contributed by atoms with Gasteiger partial charge < -0.3 is 9.47 Å². The van der Waals surface area contributed by atoms with Crippen molar-refractivity contribution in [3.63, 3.8) is 0 Å². The van der Waals surface area contributed by atoms with E-state index in [1.54, 1.807) is 0 Å². The standard InChI is InChI=1S/C21H24N4O4S/c1-4-28-17-12-10-16(11-13-17)25-15(3)22-23-21(25)30-20(14-24(26)27)18-8-6-7-9-19(18)29-5-2/h6-13,20H,4-5,14H2,1-3H3/t20-/m1/s1. The summed E-state index contributed by atoms with van der Waals surface area (Å²) < 4.78 is 13.1. The Hall–Kier alpha value is -3.07.